The lowest BCUT2D eigenvalue weighted by Gasteiger charge is -2.28. The molecular formula is C39H62N2O. The van der Waals surface area contributed by atoms with Crippen molar-refractivity contribution in [3.63, 3.8) is 0 Å². The molecule has 0 radical (unpaired) electrons. The summed E-state index contributed by atoms with van der Waals surface area (Å²) in [6, 6.07) is 8.40. The van der Waals surface area contributed by atoms with E-state index in [1.165, 1.54) is 140 Å². The fourth-order valence-electron chi connectivity index (χ4n) is 7.49. The summed E-state index contributed by atoms with van der Waals surface area (Å²) in [4.78, 5) is 9.44. The summed E-state index contributed by atoms with van der Waals surface area (Å²) in [7, 11) is 0. The van der Waals surface area contributed by atoms with E-state index in [1.807, 2.05) is 0 Å². The van der Waals surface area contributed by atoms with Crippen molar-refractivity contribution >= 4 is 0 Å². The Morgan fingerprint density at radius 1 is 0.571 bits per heavy atom. The van der Waals surface area contributed by atoms with E-state index in [-0.39, 0.29) is 0 Å². The number of benzene rings is 1. The van der Waals surface area contributed by atoms with E-state index >= 15 is 0 Å². The van der Waals surface area contributed by atoms with E-state index in [4.69, 9.17) is 14.7 Å². The fourth-order valence-corrected chi connectivity index (χ4v) is 7.49. The van der Waals surface area contributed by atoms with Crippen molar-refractivity contribution in [3.05, 3.63) is 42.2 Å². The average Bonchev–Trinajstić information content (AvgIpc) is 3.04. The van der Waals surface area contributed by atoms with Crippen LogP contribution in [0.25, 0.3) is 11.4 Å². The summed E-state index contributed by atoms with van der Waals surface area (Å²) in [5.41, 5.74) is 2.35. The Kier molecular flexibility index (Phi) is 15.2. The Labute approximate surface area is 259 Å². The van der Waals surface area contributed by atoms with Gasteiger partial charge < -0.3 is 4.74 Å². The van der Waals surface area contributed by atoms with Crippen LogP contribution in [0, 0.1) is 23.7 Å². The molecule has 0 saturated heterocycles. The van der Waals surface area contributed by atoms with Crippen molar-refractivity contribution in [1.29, 1.82) is 0 Å². The first kappa shape index (κ1) is 33.0. The molecule has 0 spiro atoms. The molecule has 2 aliphatic rings. The standard InChI is InChI=1S/C39H62N2O/c1-3-5-7-8-9-10-12-14-33-15-17-34(18-16-33)21-24-36-29-40-39(41-30-36)37-25-27-38(28-26-37)42-31-35-22-19-32(20-23-35)13-11-6-4-2/h25-30,32-35H,3-24,31H2,1-2H3/t32?,33-,34-,35?. The summed E-state index contributed by atoms with van der Waals surface area (Å²) < 4.78 is 6.19. The molecule has 1 aromatic carbocycles. The van der Waals surface area contributed by atoms with Crippen LogP contribution in [0.1, 0.15) is 154 Å². The zero-order valence-corrected chi connectivity index (χ0v) is 27.3. The van der Waals surface area contributed by atoms with Crippen molar-refractivity contribution in [2.75, 3.05) is 6.61 Å². The summed E-state index contributed by atoms with van der Waals surface area (Å²) in [6.45, 7) is 5.46. The number of unbranched alkanes of at least 4 members (excludes halogenated alkanes) is 8. The highest BCUT2D eigenvalue weighted by molar-refractivity contribution is 5.55. The fraction of sp³-hybridized carbons (Fsp3) is 0.744. The van der Waals surface area contributed by atoms with E-state index in [2.05, 4.69) is 50.5 Å². The molecular weight excluding hydrogens is 512 g/mol. The molecule has 0 atom stereocenters. The van der Waals surface area contributed by atoms with Crippen LogP contribution >= 0.6 is 0 Å². The minimum absolute atomic E-state index is 0.716. The van der Waals surface area contributed by atoms with Gasteiger partial charge in [0.2, 0.25) is 0 Å². The maximum Gasteiger partial charge on any atom is 0.159 e. The zero-order chi connectivity index (χ0) is 29.2. The van der Waals surface area contributed by atoms with Crippen LogP contribution in [0.15, 0.2) is 36.7 Å². The van der Waals surface area contributed by atoms with Gasteiger partial charge in [-0.1, -0.05) is 129 Å². The third-order valence-corrected chi connectivity index (χ3v) is 10.5. The molecule has 42 heavy (non-hydrogen) atoms. The zero-order valence-electron chi connectivity index (χ0n) is 27.3. The second kappa shape index (κ2) is 19.4. The predicted molar refractivity (Wildman–Crippen MR) is 179 cm³/mol. The van der Waals surface area contributed by atoms with Gasteiger partial charge in [-0.2, -0.15) is 0 Å². The largest absolute Gasteiger partial charge is 0.493 e. The van der Waals surface area contributed by atoms with Gasteiger partial charge in [0.15, 0.2) is 5.82 Å². The van der Waals surface area contributed by atoms with E-state index in [0.717, 1.165) is 47.9 Å². The Morgan fingerprint density at radius 3 is 1.64 bits per heavy atom. The molecule has 1 aromatic heterocycles. The number of hydrogen-bond donors (Lipinski definition) is 0. The number of hydrogen-bond acceptors (Lipinski definition) is 3. The first-order valence-corrected chi connectivity index (χ1v) is 18.3. The van der Waals surface area contributed by atoms with E-state index in [9.17, 15) is 0 Å². The van der Waals surface area contributed by atoms with Crippen LogP contribution in [0.4, 0.5) is 0 Å². The second-order valence-corrected chi connectivity index (χ2v) is 14.0. The maximum absolute atomic E-state index is 6.19. The minimum Gasteiger partial charge on any atom is -0.493 e. The Morgan fingerprint density at radius 2 is 1.05 bits per heavy atom. The lowest BCUT2D eigenvalue weighted by atomic mass is 9.78. The normalized spacial score (nSPS) is 22.7. The first-order valence-electron chi connectivity index (χ1n) is 18.3. The Bertz CT molecular complexity index is 939. The van der Waals surface area contributed by atoms with E-state index in [1.54, 1.807) is 0 Å². The van der Waals surface area contributed by atoms with Crippen molar-refractivity contribution in [3.8, 4) is 17.1 Å². The van der Waals surface area contributed by atoms with Crippen LogP contribution in [0.5, 0.6) is 5.75 Å². The van der Waals surface area contributed by atoms with Gasteiger partial charge in [0.1, 0.15) is 5.75 Å². The summed E-state index contributed by atoms with van der Waals surface area (Å²) in [6.07, 6.45) is 34.8. The highest BCUT2D eigenvalue weighted by atomic mass is 16.5. The van der Waals surface area contributed by atoms with Gasteiger partial charge in [-0.05, 0) is 79.2 Å². The van der Waals surface area contributed by atoms with Gasteiger partial charge in [0, 0.05) is 18.0 Å². The van der Waals surface area contributed by atoms with Gasteiger partial charge in [0.25, 0.3) is 0 Å². The molecule has 2 saturated carbocycles. The molecule has 2 fully saturated rings. The van der Waals surface area contributed by atoms with Gasteiger partial charge in [-0.3, -0.25) is 0 Å². The van der Waals surface area contributed by atoms with Gasteiger partial charge in [-0.15, -0.1) is 0 Å². The minimum atomic E-state index is 0.716. The molecule has 2 aromatic rings. The van der Waals surface area contributed by atoms with E-state index in [0.29, 0.717) is 5.92 Å². The Balaban J connectivity index is 1.08. The molecule has 0 aliphatic heterocycles. The van der Waals surface area contributed by atoms with Crippen molar-refractivity contribution in [2.24, 2.45) is 23.7 Å². The molecule has 4 rings (SSSR count). The van der Waals surface area contributed by atoms with Crippen LogP contribution in [-0.4, -0.2) is 16.6 Å². The third kappa shape index (κ3) is 12.0. The van der Waals surface area contributed by atoms with E-state index < -0.39 is 0 Å². The van der Waals surface area contributed by atoms with Crippen LogP contribution in [0.3, 0.4) is 0 Å². The maximum atomic E-state index is 6.19. The molecule has 3 nitrogen and oxygen atoms in total. The van der Waals surface area contributed by atoms with Crippen molar-refractivity contribution in [1.82, 2.24) is 9.97 Å². The molecule has 1 heterocycles. The quantitative estimate of drug-likeness (QED) is 0.157. The Hall–Kier alpha value is -1.90. The summed E-state index contributed by atoms with van der Waals surface area (Å²) in [5, 5.41) is 0. The average molecular weight is 575 g/mol. The lowest BCUT2D eigenvalue weighted by Crippen LogP contribution is -2.20. The molecule has 3 heteroatoms. The highest BCUT2D eigenvalue weighted by Gasteiger charge is 2.22. The molecule has 234 valence electrons. The van der Waals surface area contributed by atoms with Gasteiger partial charge in [0.05, 0.1) is 6.61 Å². The number of ether oxygens (including phenoxy) is 1. The number of rotatable bonds is 19. The highest BCUT2D eigenvalue weighted by Crippen LogP contribution is 2.35. The van der Waals surface area contributed by atoms with Crippen LogP contribution in [-0.2, 0) is 6.42 Å². The van der Waals surface area contributed by atoms with Crippen LogP contribution in [0.2, 0.25) is 0 Å². The first-order chi connectivity index (χ1) is 20.7. The molecule has 0 unspecified atom stereocenters. The molecule has 0 N–H and O–H groups in total. The van der Waals surface area contributed by atoms with Crippen molar-refractivity contribution < 1.29 is 4.74 Å². The molecule has 0 amide bonds. The molecule has 2 aliphatic carbocycles. The number of aryl methyl sites for hydroxylation is 1. The number of nitrogens with zero attached hydrogens (tertiary/aromatic N) is 2. The summed E-state index contributed by atoms with van der Waals surface area (Å²) in [5.74, 6) is 5.35. The smallest absolute Gasteiger partial charge is 0.159 e. The number of aromatic nitrogens is 2. The SMILES string of the molecule is CCCCCCCCC[C@H]1CC[C@H](CCc2cnc(-c3ccc(OCC4CCC(CCCCC)CC4)cc3)nc2)CC1. The van der Waals surface area contributed by atoms with Crippen molar-refractivity contribution in [2.45, 2.75) is 155 Å². The third-order valence-electron chi connectivity index (χ3n) is 10.5. The topological polar surface area (TPSA) is 35.0 Å². The lowest BCUT2D eigenvalue weighted by molar-refractivity contribution is 0.177. The summed E-state index contributed by atoms with van der Waals surface area (Å²) >= 11 is 0. The molecule has 0 bridgehead atoms. The van der Waals surface area contributed by atoms with Gasteiger partial charge in [-0.25, -0.2) is 9.97 Å². The van der Waals surface area contributed by atoms with Crippen LogP contribution < -0.4 is 4.74 Å². The predicted octanol–water partition coefficient (Wildman–Crippen LogP) is 11.8. The monoisotopic (exact) mass is 574 g/mol. The van der Waals surface area contributed by atoms with Gasteiger partial charge >= 0.3 is 0 Å². The second-order valence-electron chi connectivity index (χ2n) is 14.0.